The van der Waals surface area contributed by atoms with Crippen LogP contribution in [-0.2, 0) is 0 Å². The first-order valence-electron chi connectivity index (χ1n) is 7.35. The van der Waals surface area contributed by atoms with E-state index >= 15 is 0 Å². The molecule has 112 valence electrons. The van der Waals surface area contributed by atoms with Crippen molar-refractivity contribution in [2.45, 2.75) is 39.8 Å². The molecule has 2 atom stereocenters. The molecule has 4 heteroatoms. The first-order chi connectivity index (χ1) is 9.40. The molecule has 20 heavy (non-hydrogen) atoms. The summed E-state index contributed by atoms with van der Waals surface area (Å²) < 4.78 is 27.6. The maximum absolute atomic E-state index is 14.1. The quantitative estimate of drug-likeness (QED) is 0.914. The van der Waals surface area contributed by atoms with Crippen molar-refractivity contribution in [2.24, 2.45) is 11.8 Å². The van der Waals surface area contributed by atoms with E-state index in [2.05, 4.69) is 33.0 Å². The highest BCUT2D eigenvalue weighted by Gasteiger charge is 2.32. The van der Waals surface area contributed by atoms with E-state index in [1.54, 1.807) is 0 Å². The highest BCUT2D eigenvalue weighted by Crippen LogP contribution is 2.28. The first kappa shape index (κ1) is 15.2. The molecule has 2 nitrogen and oxygen atoms in total. The van der Waals surface area contributed by atoms with Gasteiger partial charge < -0.3 is 10.2 Å². The lowest BCUT2D eigenvalue weighted by molar-refractivity contribution is 0.293. The van der Waals surface area contributed by atoms with Crippen LogP contribution in [0.2, 0.25) is 0 Å². The molecule has 1 aromatic rings. The number of nitrogens with one attached hydrogen (secondary N) is 1. The molecule has 0 amide bonds. The fourth-order valence-electron chi connectivity index (χ4n) is 2.82. The summed E-state index contributed by atoms with van der Waals surface area (Å²) in [6.07, 6.45) is 0. The average molecular weight is 282 g/mol. The van der Waals surface area contributed by atoms with E-state index in [9.17, 15) is 8.78 Å². The fourth-order valence-corrected chi connectivity index (χ4v) is 2.82. The fraction of sp³-hybridized carbons (Fsp3) is 0.625. The van der Waals surface area contributed by atoms with Crippen LogP contribution in [-0.4, -0.2) is 25.2 Å². The van der Waals surface area contributed by atoms with Crippen LogP contribution in [0.15, 0.2) is 18.2 Å². The van der Waals surface area contributed by atoms with Gasteiger partial charge in [-0.2, -0.15) is 0 Å². The van der Waals surface area contributed by atoms with Gasteiger partial charge in [0, 0.05) is 31.2 Å². The molecule has 1 aliphatic rings. The molecule has 0 aliphatic carbocycles. The number of hydrogen-bond acceptors (Lipinski definition) is 2. The summed E-state index contributed by atoms with van der Waals surface area (Å²) in [4.78, 5) is 2.03. The molecule has 0 spiro atoms. The molecule has 2 unspecified atom stereocenters. The van der Waals surface area contributed by atoms with Crippen LogP contribution in [0.4, 0.5) is 14.5 Å². The average Bonchev–Trinajstić information content (AvgIpc) is 2.40. The van der Waals surface area contributed by atoms with Gasteiger partial charge in [-0.05, 0) is 24.0 Å². The minimum Gasteiger partial charge on any atom is -0.363 e. The molecule has 2 rings (SSSR count). The molecule has 1 aliphatic heterocycles. The second-order valence-corrected chi connectivity index (χ2v) is 6.32. The summed E-state index contributed by atoms with van der Waals surface area (Å²) in [5, 5.41) is 3.53. The predicted octanol–water partition coefficient (Wildman–Crippen LogP) is 3.42. The van der Waals surface area contributed by atoms with Crippen LogP contribution in [0.25, 0.3) is 0 Å². The van der Waals surface area contributed by atoms with Gasteiger partial charge >= 0.3 is 0 Å². The van der Waals surface area contributed by atoms with Gasteiger partial charge in [-0.25, -0.2) is 8.78 Å². The Bertz CT molecular complexity index is 460. The van der Waals surface area contributed by atoms with E-state index in [4.69, 9.17) is 0 Å². The van der Waals surface area contributed by atoms with Crippen LogP contribution < -0.4 is 10.2 Å². The zero-order valence-corrected chi connectivity index (χ0v) is 12.7. The molecule has 1 saturated heterocycles. The van der Waals surface area contributed by atoms with E-state index in [1.807, 2.05) is 4.90 Å². The van der Waals surface area contributed by atoms with Gasteiger partial charge in [-0.15, -0.1) is 0 Å². The number of anilines is 1. The van der Waals surface area contributed by atoms with Crippen molar-refractivity contribution in [1.82, 2.24) is 5.32 Å². The second kappa shape index (κ2) is 6.08. The smallest absolute Gasteiger partial charge is 0.146 e. The Hall–Kier alpha value is -1.16. The maximum atomic E-state index is 14.1. The van der Waals surface area contributed by atoms with E-state index < -0.39 is 0 Å². The summed E-state index contributed by atoms with van der Waals surface area (Å²) in [7, 11) is 0. The number of rotatable bonds is 3. The maximum Gasteiger partial charge on any atom is 0.146 e. The molecular formula is C16H24F2N2. The molecule has 0 bridgehead atoms. The highest BCUT2D eigenvalue weighted by atomic mass is 19.1. The van der Waals surface area contributed by atoms with Crippen molar-refractivity contribution < 1.29 is 8.78 Å². The monoisotopic (exact) mass is 282 g/mol. The third kappa shape index (κ3) is 3.11. The normalized spacial score (nSPS) is 23.7. The third-order valence-electron chi connectivity index (χ3n) is 4.17. The molecule has 1 heterocycles. The van der Waals surface area contributed by atoms with Gasteiger partial charge in [-0.1, -0.05) is 27.7 Å². The van der Waals surface area contributed by atoms with Gasteiger partial charge in [0.1, 0.15) is 11.6 Å². The minimum atomic E-state index is -0.386. The topological polar surface area (TPSA) is 15.3 Å². The van der Waals surface area contributed by atoms with Gasteiger partial charge in [0.15, 0.2) is 0 Å². The Morgan fingerprint density at radius 1 is 1.15 bits per heavy atom. The van der Waals surface area contributed by atoms with E-state index in [0.717, 1.165) is 6.54 Å². The third-order valence-corrected chi connectivity index (χ3v) is 4.17. The lowest BCUT2D eigenvalue weighted by Crippen LogP contribution is -2.60. The molecule has 0 aromatic heterocycles. The summed E-state index contributed by atoms with van der Waals surface area (Å²) >= 11 is 0. The van der Waals surface area contributed by atoms with Crippen molar-refractivity contribution in [2.75, 3.05) is 18.0 Å². The van der Waals surface area contributed by atoms with Gasteiger partial charge in [-0.3, -0.25) is 0 Å². The van der Waals surface area contributed by atoms with Crippen molar-refractivity contribution >= 4 is 5.69 Å². The Kier molecular flexibility index (Phi) is 4.63. The van der Waals surface area contributed by atoms with E-state index in [1.165, 1.54) is 18.2 Å². The second-order valence-electron chi connectivity index (χ2n) is 6.32. The van der Waals surface area contributed by atoms with Crippen LogP contribution in [0, 0.1) is 23.5 Å². The lowest BCUT2D eigenvalue weighted by Gasteiger charge is -2.45. The Balaban J connectivity index is 2.33. The zero-order chi connectivity index (χ0) is 14.9. The summed E-state index contributed by atoms with van der Waals surface area (Å²) in [6.45, 7) is 10.0. The first-order valence-corrected chi connectivity index (χ1v) is 7.35. The van der Waals surface area contributed by atoms with Gasteiger partial charge in [0.05, 0.1) is 5.69 Å². The number of hydrogen-bond donors (Lipinski definition) is 1. The van der Waals surface area contributed by atoms with Crippen molar-refractivity contribution in [3.8, 4) is 0 Å². The summed E-state index contributed by atoms with van der Waals surface area (Å²) in [5.41, 5.74) is 0.385. The lowest BCUT2D eigenvalue weighted by atomic mass is 9.93. The van der Waals surface area contributed by atoms with Crippen LogP contribution in [0.3, 0.4) is 0 Å². The standard InChI is InChI=1S/C16H24F2N2/c1-10(2)14-9-20(16(8-19-14)11(3)4)15-7-12(17)5-6-13(15)18/h5-7,10-11,14,16,19H,8-9H2,1-4H3. The van der Waals surface area contributed by atoms with Crippen LogP contribution in [0.1, 0.15) is 27.7 Å². The Labute approximate surface area is 120 Å². The highest BCUT2D eigenvalue weighted by molar-refractivity contribution is 5.50. The molecule has 1 fully saturated rings. The summed E-state index contributed by atoms with van der Waals surface area (Å²) in [6, 6.07) is 4.18. The van der Waals surface area contributed by atoms with Crippen LogP contribution >= 0.6 is 0 Å². The Morgan fingerprint density at radius 3 is 2.45 bits per heavy atom. The molecule has 1 N–H and O–H groups in total. The van der Waals surface area contributed by atoms with E-state index in [0.29, 0.717) is 30.1 Å². The number of benzene rings is 1. The number of piperazine rings is 1. The minimum absolute atomic E-state index is 0.182. The molecule has 0 radical (unpaired) electrons. The Morgan fingerprint density at radius 2 is 1.85 bits per heavy atom. The predicted molar refractivity (Wildman–Crippen MR) is 79.0 cm³/mol. The van der Waals surface area contributed by atoms with Crippen LogP contribution in [0.5, 0.6) is 0 Å². The zero-order valence-electron chi connectivity index (χ0n) is 12.7. The van der Waals surface area contributed by atoms with Crippen molar-refractivity contribution in [3.05, 3.63) is 29.8 Å². The molecular weight excluding hydrogens is 258 g/mol. The van der Waals surface area contributed by atoms with E-state index in [-0.39, 0.29) is 17.7 Å². The summed E-state index contributed by atoms with van der Waals surface area (Å²) in [5.74, 6) is 0.102. The van der Waals surface area contributed by atoms with Crippen molar-refractivity contribution in [3.63, 3.8) is 0 Å². The molecule has 1 aromatic carbocycles. The molecule has 0 saturated carbocycles. The SMILES string of the molecule is CC(C)C1CN(c2cc(F)ccc2F)C(C(C)C)CN1. The van der Waals surface area contributed by atoms with Gasteiger partial charge in [0.2, 0.25) is 0 Å². The number of nitrogens with zero attached hydrogens (tertiary/aromatic N) is 1. The largest absolute Gasteiger partial charge is 0.363 e. The van der Waals surface area contributed by atoms with Gasteiger partial charge in [0.25, 0.3) is 0 Å². The number of halogens is 2. The van der Waals surface area contributed by atoms with Crippen molar-refractivity contribution in [1.29, 1.82) is 0 Å².